The number of hydrogen-bond donors (Lipinski definition) is 1. The Morgan fingerprint density at radius 2 is 1.79 bits per heavy atom. The highest BCUT2D eigenvalue weighted by atomic mass is 16.5. The average molecular weight is 323 g/mol. The van der Waals surface area contributed by atoms with E-state index < -0.39 is 0 Å². The monoisotopic (exact) mass is 323 g/mol. The number of aromatic amines is 1. The first kappa shape index (κ1) is 16.2. The van der Waals surface area contributed by atoms with Gasteiger partial charge in [0.25, 0.3) is 0 Å². The second kappa shape index (κ2) is 8.26. The highest BCUT2D eigenvalue weighted by Crippen LogP contribution is 2.20. The average Bonchev–Trinajstić information content (AvgIpc) is 3.16. The number of rotatable bonds is 8. The largest absolute Gasteiger partial charge is 0.493 e. The highest BCUT2D eigenvalue weighted by molar-refractivity contribution is 5.58. The molecular weight excluding hydrogens is 302 g/mol. The van der Waals surface area contributed by atoms with E-state index in [9.17, 15) is 0 Å². The quantitative estimate of drug-likeness (QED) is 0.686. The molecule has 0 unspecified atom stereocenters. The molecule has 3 aromatic rings. The van der Waals surface area contributed by atoms with Crippen LogP contribution in [0.25, 0.3) is 11.3 Å². The third-order valence-corrected chi connectivity index (χ3v) is 3.62. The minimum Gasteiger partial charge on any atom is -0.493 e. The molecule has 1 N–H and O–H groups in total. The zero-order valence-corrected chi connectivity index (χ0v) is 13.7. The Kier molecular flexibility index (Phi) is 5.58. The Balaban J connectivity index is 1.40. The van der Waals surface area contributed by atoms with E-state index in [4.69, 9.17) is 9.47 Å². The summed E-state index contributed by atoms with van der Waals surface area (Å²) >= 11 is 0. The van der Waals surface area contributed by atoms with Crippen molar-refractivity contribution < 1.29 is 9.47 Å². The van der Waals surface area contributed by atoms with Crippen molar-refractivity contribution in [2.45, 2.75) is 13.5 Å². The topological polar surface area (TPSA) is 60.0 Å². The molecule has 0 aliphatic heterocycles. The maximum Gasteiger partial charge on any atom is 0.119 e. The Morgan fingerprint density at radius 3 is 2.50 bits per heavy atom. The number of nitrogens with zero attached hydrogens (tertiary/aromatic N) is 2. The van der Waals surface area contributed by atoms with Gasteiger partial charge in [0, 0.05) is 17.7 Å². The second-order valence-corrected chi connectivity index (χ2v) is 5.80. The van der Waals surface area contributed by atoms with Crippen molar-refractivity contribution in [2.24, 2.45) is 5.92 Å². The zero-order chi connectivity index (χ0) is 16.6. The van der Waals surface area contributed by atoms with E-state index >= 15 is 0 Å². The smallest absolute Gasteiger partial charge is 0.119 e. The third-order valence-electron chi connectivity index (χ3n) is 3.62. The van der Waals surface area contributed by atoms with Crippen LogP contribution in [0.4, 0.5) is 0 Å². The number of hydrogen-bond acceptors (Lipinski definition) is 4. The van der Waals surface area contributed by atoms with Crippen LogP contribution < -0.4 is 4.74 Å². The van der Waals surface area contributed by atoms with Crippen LogP contribution in [-0.4, -0.2) is 28.6 Å². The van der Waals surface area contributed by atoms with Crippen molar-refractivity contribution in [1.82, 2.24) is 15.4 Å². The first-order valence-electron chi connectivity index (χ1n) is 8.02. The lowest BCUT2D eigenvalue weighted by molar-refractivity contribution is 0.0742. The predicted molar refractivity (Wildman–Crippen MR) is 92.6 cm³/mol. The van der Waals surface area contributed by atoms with E-state index in [0.717, 1.165) is 17.0 Å². The lowest BCUT2D eigenvalue weighted by atomic mass is 10.1. The summed E-state index contributed by atoms with van der Waals surface area (Å²) in [6, 6.07) is 18.0. The SMILES string of the molecule is C[C@@H](COCc1ccccc1)COc1ccc(-c2c[nH]nn2)cc1. The predicted octanol–water partition coefficient (Wildman–Crippen LogP) is 3.70. The molecule has 1 atom stereocenters. The molecule has 0 bridgehead atoms. The Hall–Kier alpha value is -2.66. The standard InChI is InChI=1S/C19H21N3O2/c1-15(12-23-14-16-5-3-2-4-6-16)13-24-18-9-7-17(8-10-18)19-11-20-22-21-19/h2-11,15H,12-14H2,1H3,(H,20,21,22)/t15-/m0/s1. The lowest BCUT2D eigenvalue weighted by Crippen LogP contribution is -2.14. The highest BCUT2D eigenvalue weighted by Gasteiger charge is 2.05. The van der Waals surface area contributed by atoms with Crippen LogP contribution in [-0.2, 0) is 11.3 Å². The lowest BCUT2D eigenvalue weighted by Gasteiger charge is -2.14. The van der Waals surface area contributed by atoms with Crippen LogP contribution >= 0.6 is 0 Å². The van der Waals surface area contributed by atoms with E-state index in [1.165, 1.54) is 5.56 Å². The van der Waals surface area contributed by atoms with Gasteiger partial charge in [0.05, 0.1) is 19.8 Å². The summed E-state index contributed by atoms with van der Waals surface area (Å²) in [4.78, 5) is 0. The Bertz CT molecular complexity index is 712. The van der Waals surface area contributed by atoms with Gasteiger partial charge >= 0.3 is 0 Å². The van der Waals surface area contributed by atoms with Gasteiger partial charge in [-0.2, -0.15) is 0 Å². The van der Waals surface area contributed by atoms with E-state index in [-0.39, 0.29) is 0 Å². The van der Waals surface area contributed by atoms with Gasteiger partial charge in [-0.05, 0) is 29.8 Å². The molecule has 124 valence electrons. The van der Waals surface area contributed by atoms with Crippen LogP contribution in [0.15, 0.2) is 60.8 Å². The van der Waals surface area contributed by atoms with E-state index in [1.807, 2.05) is 42.5 Å². The van der Waals surface area contributed by atoms with Crippen molar-refractivity contribution >= 4 is 0 Å². The van der Waals surface area contributed by atoms with Crippen LogP contribution in [0.5, 0.6) is 5.75 Å². The molecule has 1 aromatic heterocycles. The van der Waals surface area contributed by atoms with Crippen LogP contribution in [0.3, 0.4) is 0 Å². The maximum absolute atomic E-state index is 5.82. The van der Waals surface area contributed by atoms with Crippen molar-refractivity contribution in [3.05, 3.63) is 66.4 Å². The molecule has 0 radical (unpaired) electrons. The fourth-order valence-corrected chi connectivity index (χ4v) is 2.30. The summed E-state index contributed by atoms with van der Waals surface area (Å²) in [7, 11) is 0. The maximum atomic E-state index is 5.82. The Labute approximate surface area is 141 Å². The molecule has 0 aliphatic rings. The molecule has 0 saturated carbocycles. The molecule has 2 aromatic carbocycles. The molecule has 5 nitrogen and oxygen atoms in total. The van der Waals surface area contributed by atoms with Crippen LogP contribution in [0.1, 0.15) is 12.5 Å². The minimum atomic E-state index is 0.323. The van der Waals surface area contributed by atoms with Gasteiger partial charge in [0.15, 0.2) is 0 Å². The third kappa shape index (κ3) is 4.67. The second-order valence-electron chi connectivity index (χ2n) is 5.80. The molecule has 5 heteroatoms. The molecular formula is C19H21N3O2. The normalized spacial score (nSPS) is 12.0. The number of benzene rings is 2. The summed E-state index contributed by atoms with van der Waals surface area (Å²) in [5.74, 6) is 1.17. The van der Waals surface area contributed by atoms with Gasteiger partial charge in [-0.15, -0.1) is 5.10 Å². The number of ether oxygens (including phenoxy) is 2. The molecule has 0 saturated heterocycles. The minimum absolute atomic E-state index is 0.323. The molecule has 3 rings (SSSR count). The fraction of sp³-hybridized carbons (Fsp3) is 0.263. The van der Waals surface area contributed by atoms with Crippen molar-refractivity contribution in [1.29, 1.82) is 0 Å². The number of aromatic nitrogens is 3. The molecule has 1 heterocycles. The van der Waals surface area contributed by atoms with Crippen molar-refractivity contribution in [3.63, 3.8) is 0 Å². The zero-order valence-electron chi connectivity index (χ0n) is 13.7. The molecule has 0 amide bonds. The van der Waals surface area contributed by atoms with Gasteiger partial charge in [-0.1, -0.05) is 42.5 Å². The van der Waals surface area contributed by atoms with Gasteiger partial charge < -0.3 is 9.47 Å². The summed E-state index contributed by atoms with van der Waals surface area (Å²) in [6.45, 7) is 4.05. The molecule has 0 spiro atoms. The number of H-pyrrole nitrogens is 1. The summed E-state index contributed by atoms with van der Waals surface area (Å²) in [6.07, 6.45) is 1.77. The summed E-state index contributed by atoms with van der Waals surface area (Å²) in [5.41, 5.74) is 3.02. The van der Waals surface area contributed by atoms with Gasteiger partial charge in [0.2, 0.25) is 0 Å². The van der Waals surface area contributed by atoms with E-state index in [0.29, 0.717) is 25.7 Å². The molecule has 0 aliphatic carbocycles. The van der Waals surface area contributed by atoms with Crippen LogP contribution in [0.2, 0.25) is 0 Å². The van der Waals surface area contributed by atoms with Gasteiger partial charge in [-0.25, -0.2) is 0 Å². The fourth-order valence-electron chi connectivity index (χ4n) is 2.30. The molecule has 0 fully saturated rings. The van der Waals surface area contributed by atoms with E-state index in [2.05, 4.69) is 34.5 Å². The van der Waals surface area contributed by atoms with Crippen LogP contribution in [0, 0.1) is 5.92 Å². The van der Waals surface area contributed by atoms with Gasteiger partial charge in [-0.3, -0.25) is 5.10 Å². The first-order valence-corrected chi connectivity index (χ1v) is 8.02. The summed E-state index contributed by atoms with van der Waals surface area (Å²) < 4.78 is 11.6. The van der Waals surface area contributed by atoms with E-state index in [1.54, 1.807) is 6.20 Å². The van der Waals surface area contributed by atoms with Gasteiger partial charge in [0.1, 0.15) is 11.4 Å². The number of nitrogens with one attached hydrogen (secondary N) is 1. The summed E-state index contributed by atoms with van der Waals surface area (Å²) in [5, 5.41) is 10.4. The molecule has 24 heavy (non-hydrogen) atoms. The Morgan fingerprint density at radius 1 is 1.00 bits per heavy atom. The van der Waals surface area contributed by atoms with Crippen molar-refractivity contribution in [2.75, 3.05) is 13.2 Å². The van der Waals surface area contributed by atoms with Crippen molar-refractivity contribution in [3.8, 4) is 17.0 Å². The first-order chi connectivity index (χ1) is 11.8.